The van der Waals surface area contributed by atoms with Gasteiger partial charge in [0.05, 0.1) is 26.0 Å². The average molecular weight is 513 g/mol. The summed E-state index contributed by atoms with van der Waals surface area (Å²) < 4.78 is 26.5. The fraction of sp³-hybridized carbons (Fsp3) is 0.320. The molecule has 0 aliphatic carbocycles. The number of benzene rings is 2. The molecule has 0 aliphatic heterocycles. The number of thioether (sulfide) groups is 1. The number of carbonyl (C=O) groups excluding carboxylic acids is 1. The van der Waals surface area contributed by atoms with Crippen LogP contribution in [-0.4, -0.2) is 67.3 Å². The number of ether oxygens (including phenoxy) is 4. The summed E-state index contributed by atoms with van der Waals surface area (Å²) in [6.45, 7) is 4.89. The molecule has 1 aromatic heterocycles. The minimum Gasteiger partial charge on any atom is -0.490 e. The number of amides is 1. The lowest BCUT2D eigenvalue weighted by atomic mass is 10.1. The van der Waals surface area contributed by atoms with E-state index in [9.17, 15) is 4.79 Å². The molecule has 0 N–H and O–H groups in total. The van der Waals surface area contributed by atoms with Gasteiger partial charge in [0, 0.05) is 25.2 Å². The Bertz CT molecular complexity index is 1220. The van der Waals surface area contributed by atoms with E-state index >= 15 is 0 Å². The summed E-state index contributed by atoms with van der Waals surface area (Å²) in [6.07, 6.45) is 1.09. The average Bonchev–Trinajstić information content (AvgIpc) is 3.33. The number of methoxy groups -OCH3 is 2. The molecule has 10 nitrogen and oxygen atoms in total. The van der Waals surface area contributed by atoms with Gasteiger partial charge >= 0.3 is 6.09 Å². The van der Waals surface area contributed by atoms with Gasteiger partial charge in [0.1, 0.15) is 17.4 Å². The van der Waals surface area contributed by atoms with Crippen LogP contribution >= 0.6 is 11.8 Å². The van der Waals surface area contributed by atoms with Crippen LogP contribution in [0.4, 0.5) is 10.5 Å². The molecule has 0 bridgehead atoms. The third kappa shape index (κ3) is 7.15. The Balaban J connectivity index is 2.05. The van der Waals surface area contributed by atoms with Crippen molar-refractivity contribution in [3.8, 4) is 22.9 Å². The molecule has 190 valence electrons. The largest absolute Gasteiger partial charge is 0.490 e. The fourth-order valence-corrected chi connectivity index (χ4v) is 3.59. The van der Waals surface area contributed by atoms with Gasteiger partial charge in [-0.25, -0.2) is 9.79 Å². The molecule has 3 aromatic rings. The van der Waals surface area contributed by atoms with Gasteiger partial charge < -0.3 is 23.5 Å². The molecule has 0 atom stereocenters. The summed E-state index contributed by atoms with van der Waals surface area (Å²) in [5.41, 5.74) is 2.59. The normalized spacial score (nSPS) is 11.9. The maximum absolute atomic E-state index is 12.0. The number of hydrogen-bond donors (Lipinski definition) is 0. The SMILES string of the molecule is CCOc1cc(C(=Nc2ccc(-c3noc(C)n3)cc2)/C(=N/C(=O)OC)SC)ccc1OCCOC. The van der Waals surface area contributed by atoms with E-state index in [1.807, 2.05) is 49.6 Å². The Morgan fingerprint density at radius 2 is 1.83 bits per heavy atom. The molecule has 3 rings (SSSR count). The van der Waals surface area contributed by atoms with Crippen molar-refractivity contribution in [1.82, 2.24) is 10.1 Å². The Morgan fingerprint density at radius 3 is 2.44 bits per heavy atom. The fourth-order valence-electron chi connectivity index (χ4n) is 3.07. The first-order valence-electron chi connectivity index (χ1n) is 11.1. The first-order chi connectivity index (χ1) is 17.5. The topological polar surface area (TPSA) is 118 Å². The second-order valence-corrected chi connectivity index (χ2v) is 7.97. The van der Waals surface area contributed by atoms with Gasteiger partial charge in [-0.05, 0) is 55.6 Å². The second kappa shape index (κ2) is 13.4. The molecule has 1 heterocycles. The predicted octanol–water partition coefficient (Wildman–Crippen LogP) is 5.12. The van der Waals surface area contributed by atoms with Crippen molar-refractivity contribution >= 4 is 34.3 Å². The van der Waals surface area contributed by atoms with Crippen LogP contribution < -0.4 is 9.47 Å². The Morgan fingerprint density at radius 1 is 1.06 bits per heavy atom. The van der Waals surface area contributed by atoms with Crippen molar-refractivity contribution in [3.05, 3.63) is 53.9 Å². The molecule has 0 fully saturated rings. The summed E-state index contributed by atoms with van der Waals surface area (Å²) in [5, 5.41) is 4.32. The summed E-state index contributed by atoms with van der Waals surface area (Å²) in [4.78, 5) is 25.1. The maximum atomic E-state index is 12.0. The van der Waals surface area contributed by atoms with E-state index in [0.29, 0.717) is 65.0 Å². The summed E-state index contributed by atoms with van der Waals surface area (Å²) in [6, 6.07) is 12.8. The van der Waals surface area contributed by atoms with Crippen LogP contribution in [0.2, 0.25) is 0 Å². The van der Waals surface area contributed by atoms with E-state index in [0.717, 1.165) is 5.56 Å². The van der Waals surface area contributed by atoms with E-state index in [4.69, 9.17) is 28.5 Å². The Hall–Kier alpha value is -3.70. The number of rotatable bonds is 10. The highest BCUT2D eigenvalue weighted by Crippen LogP contribution is 2.30. The molecular weight excluding hydrogens is 484 g/mol. The zero-order valence-electron chi connectivity index (χ0n) is 20.8. The van der Waals surface area contributed by atoms with Crippen LogP contribution in [0.1, 0.15) is 18.4 Å². The smallest absolute Gasteiger partial charge is 0.434 e. The number of aryl methyl sites for hydroxylation is 1. The van der Waals surface area contributed by atoms with Gasteiger partial charge in [0.2, 0.25) is 11.7 Å². The van der Waals surface area contributed by atoms with Gasteiger partial charge in [0.25, 0.3) is 0 Å². The number of hydrogen-bond acceptors (Lipinski definition) is 10. The van der Waals surface area contributed by atoms with Crippen molar-refractivity contribution in [2.24, 2.45) is 9.98 Å². The van der Waals surface area contributed by atoms with Crippen LogP contribution in [0.3, 0.4) is 0 Å². The van der Waals surface area contributed by atoms with Crippen molar-refractivity contribution in [2.45, 2.75) is 13.8 Å². The highest BCUT2D eigenvalue weighted by Gasteiger charge is 2.17. The predicted molar refractivity (Wildman–Crippen MR) is 139 cm³/mol. The lowest BCUT2D eigenvalue weighted by Gasteiger charge is -2.15. The van der Waals surface area contributed by atoms with Crippen LogP contribution in [-0.2, 0) is 9.47 Å². The molecule has 0 radical (unpaired) electrons. The highest BCUT2D eigenvalue weighted by atomic mass is 32.2. The van der Waals surface area contributed by atoms with Gasteiger partial charge in [-0.1, -0.05) is 5.16 Å². The molecule has 2 aromatic carbocycles. The van der Waals surface area contributed by atoms with E-state index in [2.05, 4.69) is 15.1 Å². The van der Waals surface area contributed by atoms with Crippen LogP contribution in [0.25, 0.3) is 11.4 Å². The van der Waals surface area contributed by atoms with Crippen molar-refractivity contribution in [1.29, 1.82) is 0 Å². The van der Waals surface area contributed by atoms with Crippen LogP contribution in [0.15, 0.2) is 57.0 Å². The quantitative estimate of drug-likeness (QED) is 0.207. The van der Waals surface area contributed by atoms with Gasteiger partial charge in [-0.2, -0.15) is 9.98 Å². The summed E-state index contributed by atoms with van der Waals surface area (Å²) >= 11 is 1.28. The van der Waals surface area contributed by atoms with Gasteiger partial charge in [0.15, 0.2) is 11.5 Å². The van der Waals surface area contributed by atoms with E-state index in [1.54, 1.807) is 20.1 Å². The van der Waals surface area contributed by atoms with Gasteiger partial charge in [-0.3, -0.25) is 0 Å². The highest BCUT2D eigenvalue weighted by molar-refractivity contribution is 8.15. The lowest BCUT2D eigenvalue weighted by Crippen LogP contribution is -2.15. The Kier molecular flexibility index (Phi) is 10.0. The van der Waals surface area contributed by atoms with Crippen LogP contribution in [0, 0.1) is 6.92 Å². The molecule has 36 heavy (non-hydrogen) atoms. The van der Waals surface area contributed by atoms with E-state index < -0.39 is 6.09 Å². The lowest BCUT2D eigenvalue weighted by molar-refractivity contribution is 0.143. The second-order valence-electron chi connectivity index (χ2n) is 7.17. The number of nitrogens with zero attached hydrogens (tertiary/aromatic N) is 4. The van der Waals surface area contributed by atoms with E-state index in [-0.39, 0.29) is 0 Å². The summed E-state index contributed by atoms with van der Waals surface area (Å²) in [5.74, 6) is 2.09. The van der Waals surface area contributed by atoms with Crippen molar-refractivity contribution in [2.75, 3.05) is 40.3 Å². The van der Waals surface area contributed by atoms with Crippen molar-refractivity contribution in [3.63, 3.8) is 0 Å². The first-order valence-corrected chi connectivity index (χ1v) is 12.3. The molecule has 0 spiro atoms. The number of aliphatic imine (C=N–C) groups is 2. The third-order valence-corrected chi connectivity index (χ3v) is 5.39. The molecule has 0 saturated carbocycles. The molecule has 1 amide bonds. The number of aromatic nitrogens is 2. The minimum absolute atomic E-state index is 0.378. The standard InChI is InChI=1S/C25H28N4O6S/c1-6-33-21-15-18(9-12-20(21)34-14-13-31-3)22(24(36-5)28-25(30)32-4)27-19-10-7-17(8-11-19)23-26-16(2)35-29-23/h7-12,15H,6,13-14H2,1-5H3/b27-22?,28-24-. The first kappa shape index (κ1) is 26.9. The van der Waals surface area contributed by atoms with Gasteiger partial charge in [-0.15, -0.1) is 11.8 Å². The monoisotopic (exact) mass is 512 g/mol. The zero-order chi connectivity index (χ0) is 25.9. The molecule has 0 saturated heterocycles. The molecule has 11 heteroatoms. The summed E-state index contributed by atoms with van der Waals surface area (Å²) in [7, 11) is 2.89. The van der Waals surface area contributed by atoms with Crippen molar-refractivity contribution < 1.29 is 28.3 Å². The van der Waals surface area contributed by atoms with E-state index in [1.165, 1.54) is 18.9 Å². The van der Waals surface area contributed by atoms with Crippen LogP contribution in [0.5, 0.6) is 11.5 Å². The minimum atomic E-state index is -0.723. The Labute approximate surface area is 213 Å². The number of carbonyl (C=O) groups is 1. The molecule has 0 unspecified atom stereocenters. The maximum Gasteiger partial charge on any atom is 0.434 e. The molecule has 0 aliphatic rings. The third-order valence-electron chi connectivity index (χ3n) is 4.72. The molecular formula is C25H28N4O6S. The zero-order valence-corrected chi connectivity index (χ0v) is 21.6.